The second-order valence-electron chi connectivity index (χ2n) is 7.12. The highest BCUT2D eigenvalue weighted by molar-refractivity contribution is 7.99. The highest BCUT2D eigenvalue weighted by Gasteiger charge is 2.19. The van der Waals surface area contributed by atoms with Crippen molar-refractivity contribution in [1.82, 2.24) is 14.5 Å². The van der Waals surface area contributed by atoms with E-state index >= 15 is 0 Å². The lowest BCUT2D eigenvalue weighted by molar-refractivity contribution is -0.130. The van der Waals surface area contributed by atoms with Crippen LogP contribution in [-0.2, 0) is 11.2 Å². The number of carbonyl (C=O) groups excluding carboxylic acids is 2. The number of amides is 2. The summed E-state index contributed by atoms with van der Waals surface area (Å²) in [5.74, 6) is 1.95. The molecular weight excluding hydrogens is 428 g/mol. The third-order valence-electron chi connectivity index (χ3n) is 5.09. The Bertz CT molecular complexity index is 1050. The van der Waals surface area contributed by atoms with Crippen molar-refractivity contribution in [3.8, 4) is 5.69 Å². The topological polar surface area (TPSA) is 67.2 Å². The van der Waals surface area contributed by atoms with E-state index in [4.69, 9.17) is 0 Å². The van der Waals surface area contributed by atoms with E-state index in [0.29, 0.717) is 17.8 Å². The van der Waals surface area contributed by atoms with Crippen LogP contribution >= 0.6 is 23.5 Å². The molecular formula is C23H24N4O2S2. The zero-order valence-corrected chi connectivity index (χ0v) is 18.9. The molecule has 4 rings (SSSR count). The summed E-state index contributed by atoms with van der Waals surface area (Å²) >= 11 is 3.38. The summed E-state index contributed by atoms with van der Waals surface area (Å²) in [6.07, 6.45) is 3.92. The standard InChI is InChI=1S/C23H24N4O2S2/c1-30-23-24-16-20(27(23)19-5-3-2-4-6-19)22(29)25-18-9-7-17(8-10-18)15-21(28)26-11-13-31-14-12-26/h2-10,16H,11-15H2,1H3,(H,25,29). The molecule has 0 unspecified atom stereocenters. The van der Waals surface area contributed by atoms with Crippen LogP contribution in [0.25, 0.3) is 5.69 Å². The van der Waals surface area contributed by atoms with E-state index in [2.05, 4.69) is 10.3 Å². The van der Waals surface area contributed by atoms with Crippen LogP contribution in [0.5, 0.6) is 0 Å². The van der Waals surface area contributed by atoms with Gasteiger partial charge in [-0.05, 0) is 36.1 Å². The van der Waals surface area contributed by atoms with Gasteiger partial charge in [0.15, 0.2) is 5.16 Å². The molecule has 0 spiro atoms. The van der Waals surface area contributed by atoms with Gasteiger partial charge in [-0.1, -0.05) is 42.1 Å². The zero-order chi connectivity index (χ0) is 21.6. The number of benzene rings is 2. The average Bonchev–Trinajstić information content (AvgIpc) is 3.26. The van der Waals surface area contributed by atoms with E-state index in [0.717, 1.165) is 41.0 Å². The van der Waals surface area contributed by atoms with Crippen LogP contribution in [-0.4, -0.2) is 57.1 Å². The van der Waals surface area contributed by atoms with Crippen molar-refractivity contribution in [2.24, 2.45) is 0 Å². The fourth-order valence-electron chi connectivity index (χ4n) is 3.47. The van der Waals surface area contributed by atoms with Crippen molar-refractivity contribution in [1.29, 1.82) is 0 Å². The van der Waals surface area contributed by atoms with Crippen molar-refractivity contribution in [3.05, 3.63) is 72.1 Å². The third-order valence-corrected chi connectivity index (χ3v) is 6.69. The zero-order valence-electron chi connectivity index (χ0n) is 17.3. The van der Waals surface area contributed by atoms with Gasteiger partial charge in [0.25, 0.3) is 5.91 Å². The van der Waals surface area contributed by atoms with Crippen molar-refractivity contribution in [3.63, 3.8) is 0 Å². The van der Waals surface area contributed by atoms with Crippen LogP contribution in [0.15, 0.2) is 66.0 Å². The minimum absolute atomic E-state index is 0.161. The lowest BCUT2D eigenvalue weighted by Crippen LogP contribution is -2.38. The largest absolute Gasteiger partial charge is 0.341 e. The molecule has 3 aromatic rings. The number of rotatable bonds is 6. The van der Waals surface area contributed by atoms with Gasteiger partial charge in [-0.25, -0.2) is 4.98 Å². The summed E-state index contributed by atoms with van der Waals surface area (Å²) in [7, 11) is 0. The first-order valence-corrected chi connectivity index (χ1v) is 12.5. The molecule has 1 aromatic heterocycles. The van der Waals surface area contributed by atoms with Gasteiger partial charge in [-0.2, -0.15) is 11.8 Å². The number of anilines is 1. The number of nitrogens with zero attached hydrogens (tertiary/aromatic N) is 3. The van der Waals surface area contributed by atoms with Gasteiger partial charge in [-0.3, -0.25) is 14.2 Å². The summed E-state index contributed by atoms with van der Waals surface area (Å²) in [4.78, 5) is 31.7. The Labute approximate surface area is 190 Å². The summed E-state index contributed by atoms with van der Waals surface area (Å²) in [6, 6.07) is 17.2. The monoisotopic (exact) mass is 452 g/mol. The van der Waals surface area contributed by atoms with Gasteiger partial charge in [0.1, 0.15) is 5.69 Å². The maximum absolute atomic E-state index is 13.0. The molecule has 31 heavy (non-hydrogen) atoms. The molecule has 0 bridgehead atoms. The van der Waals surface area contributed by atoms with Crippen molar-refractivity contribution in [2.75, 3.05) is 36.2 Å². The molecule has 0 aliphatic carbocycles. The number of imidazole rings is 1. The quantitative estimate of drug-likeness (QED) is 0.574. The van der Waals surface area contributed by atoms with E-state index in [9.17, 15) is 9.59 Å². The summed E-state index contributed by atoms with van der Waals surface area (Å²) in [5.41, 5.74) is 2.99. The van der Waals surface area contributed by atoms with Gasteiger partial charge < -0.3 is 10.2 Å². The molecule has 0 radical (unpaired) electrons. The number of aromatic nitrogens is 2. The third kappa shape index (κ3) is 5.14. The number of thioether (sulfide) groups is 2. The lowest BCUT2D eigenvalue weighted by Gasteiger charge is -2.26. The van der Waals surface area contributed by atoms with Crippen molar-refractivity contribution in [2.45, 2.75) is 11.6 Å². The second kappa shape index (κ2) is 10.1. The number of hydrogen-bond acceptors (Lipinski definition) is 5. The molecule has 160 valence electrons. The normalized spacial score (nSPS) is 13.8. The highest BCUT2D eigenvalue weighted by Crippen LogP contribution is 2.22. The fourth-order valence-corrected chi connectivity index (χ4v) is 4.91. The number of hydrogen-bond donors (Lipinski definition) is 1. The smallest absolute Gasteiger partial charge is 0.274 e. The molecule has 1 aliphatic rings. The Morgan fingerprint density at radius 2 is 1.77 bits per heavy atom. The molecule has 8 heteroatoms. The molecule has 2 heterocycles. The minimum atomic E-state index is -0.230. The molecule has 2 aromatic carbocycles. The number of para-hydroxylation sites is 1. The molecule has 6 nitrogen and oxygen atoms in total. The molecule has 1 N–H and O–H groups in total. The maximum atomic E-state index is 13.0. The van der Waals surface area contributed by atoms with Crippen LogP contribution in [0.1, 0.15) is 16.1 Å². The average molecular weight is 453 g/mol. The maximum Gasteiger partial charge on any atom is 0.274 e. The number of carbonyl (C=O) groups is 2. The van der Waals surface area contributed by atoms with Gasteiger partial charge in [0.2, 0.25) is 5.91 Å². The molecule has 1 saturated heterocycles. The first kappa shape index (κ1) is 21.5. The summed E-state index contributed by atoms with van der Waals surface area (Å²) in [5, 5.41) is 3.69. The van der Waals surface area contributed by atoms with E-state index in [-0.39, 0.29) is 11.8 Å². The molecule has 0 saturated carbocycles. The van der Waals surface area contributed by atoms with Crippen LogP contribution < -0.4 is 5.32 Å². The van der Waals surface area contributed by atoms with Gasteiger partial charge in [-0.15, -0.1) is 0 Å². The highest BCUT2D eigenvalue weighted by atomic mass is 32.2. The van der Waals surface area contributed by atoms with Crippen LogP contribution in [0.2, 0.25) is 0 Å². The van der Waals surface area contributed by atoms with Crippen molar-refractivity contribution < 1.29 is 9.59 Å². The van der Waals surface area contributed by atoms with E-state index < -0.39 is 0 Å². The molecule has 0 atom stereocenters. The van der Waals surface area contributed by atoms with Gasteiger partial charge >= 0.3 is 0 Å². The Morgan fingerprint density at radius 1 is 1.06 bits per heavy atom. The fraction of sp³-hybridized carbons (Fsp3) is 0.261. The van der Waals surface area contributed by atoms with Crippen molar-refractivity contribution >= 4 is 41.0 Å². The van der Waals surface area contributed by atoms with E-state index in [1.165, 1.54) is 11.8 Å². The van der Waals surface area contributed by atoms with Gasteiger partial charge in [0.05, 0.1) is 12.6 Å². The Morgan fingerprint density at radius 3 is 2.45 bits per heavy atom. The van der Waals surface area contributed by atoms with Crippen LogP contribution in [0.4, 0.5) is 5.69 Å². The van der Waals surface area contributed by atoms with E-state index in [1.807, 2.05) is 82.1 Å². The van der Waals surface area contributed by atoms with E-state index in [1.54, 1.807) is 6.20 Å². The first-order chi connectivity index (χ1) is 15.2. The lowest BCUT2D eigenvalue weighted by atomic mass is 10.1. The predicted octanol–water partition coefficient (Wildman–Crippen LogP) is 3.96. The van der Waals surface area contributed by atoms with Crippen LogP contribution in [0, 0.1) is 0 Å². The Balaban J connectivity index is 1.45. The molecule has 1 fully saturated rings. The SMILES string of the molecule is CSc1ncc(C(=O)Nc2ccc(CC(=O)N3CCSCC3)cc2)n1-c1ccccc1. The minimum Gasteiger partial charge on any atom is -0.341 e. The summed E-state index contributed by atoms with van der Waals surface area (Å²) in [6.45, 7) is 1.65. The molecule has 2 amide bonds. The Hall–Kier alpha value is -2.71. The van der Waals surface area contributed by atoms with Gasteiger partial charge in [0, 0.05) is 36.0 Å². The molecule has 1 aliphatic heterocycles. The Kier molecular flexibility index (Phi) is 6.99. The number of nitrogens with one attached hydrogen (secondary N) is 1. The predicted molar refractivity (Wildman–Crippen MR) is 127 cm³/mol. The van der Waals surface area contributed by atoms with Crippen LogP contribution in [0.3, 0.4) is 0 Å². The second-order valence-corrected chi connectivity index (χ2v) is 9.12. The first-order valence-electron chi connectivity index (χ1n) is 10.1. The summed E-state index contributed by atoms with van der Waals surface area (Å²) < 4.78 is 1.85.